The van der Waals surface area contributed by atoms with Crippen LogP contribution >= 0.6 is 0 Å². The number of esters is 1. The quantitative estimate of drug-likeness (QED) is 0.198. The first-order chi connectivity index (χ1) is 23.9. The minimum Gasteiger partial charge on any atom is -0.459 e. The van der Waals surface area contributed by atoms with Crippen LogP contribution < -0.4 is 0 Å². The molecular weight excluding hydrogens is 678 g/mol. The van der Waals surface area contributed by atoms with Crippen LogP contribution in [0, 0.1) is 17.8 Å². The number of hydrogen-bond donors (Lipinski definition) is 6. The summed E-state index contributed by atoms with van der Waals surface area (Å²) in [5, 5.41) is 69.3. The SMILES string of the molecule is CC[C@H]1OC(=O)[C@H](C)[C@@H](O[C@H]2C[C@@](C)(OC)[C@@H](O)[C@H](C)O2)C[C@@H](O[C@@H]2O[C@H](C)C[C@H](N(C)C(C)C)[C@H]2O)[C@](C)(O)C[C@@H](C)[C@H](O)[C@H](C)[C@@H](O)[C@]1(C)O. The van der Waals surface area contributed by atoms with Crippen LogP contribution in [-0.2, 0) is 33.2 Å². The summed E-state index contributed by atoms with van der Waals surface area (Å²) in [5.74, 6) is -3.26. The number of cyclic esters (lactones) is 1. The molecule has 0 amide bonds. The molecule has 0 bridgehead atoms. The monoisotopic (exact) mass is 749 g/mol. The lowest BCUT2D eigenvalue weighted by atomic mass is 9.75. The minimum atomic E-state index is -1.93. The summed E-state index contributed by atoms with van der Waals surface area (Å²) in [6.07, 6.45) is -10.4. The number of ether oxygens (including phenoxy) is 6. The third kappa shape index (κ3) is 10.0. The Labute approximate surface area is 311 Å². The standard InChI is InChI=1S/C38H71NO13/c1-14-27-38(11,46)32(42)23(7)30(40)20(4)17-36(9,45)28(52-35-31(41)25(15-21(5)48-35)39(12)19(2)3)16-26(22(6)34(44)51-27)50-29-18-37(10,47-13)33(43)24(8)49-29/h19-33,35,40-43,45-46H,14-18H2,1-13H3/t20-,21-,22-,23+,24+,25+,26+,27-,28-,29+,30+,31-,32-,33+,35+,36-,37-,38-/m1/s1. The van der Waals surface area contributed by atoms with Crippen LogP contribution in [0.3, 0.4) is 0 Å². The Morgan fingerprint density at radius 2 is 1.52 bits per heavy atom. The lowest BCUT2D eigenvalue weighted by molar-refractivity contribution is -0.309. The zero-order chi connectivity index (χ0) is 39.7. The van der Waals surface area contributed by atoms with E-state index in [0.717, 1.165) is 0 Å². The summed E-state index contributed by atoms with van der Waals surface area (Å²) in [7, 11) is 3.42. The summed E-state index contributed by atoms with van der Waals surface area (Å²) in [5.41, 5.74) is -4.68. The molecule has 3 rings (SSSR count). The molecular formula is C38H71NO13. The van der Waals surface area contributed by atoms with E-state index in [2.05, 4.69) is 4.90 Å². The summed E-state index contributed by atoms with van der Waals surface area (Å²) >= 11 is 0. The van der Waals surface area contributed by atoms with Gasteiger partial charge in [0.2, 0.25) is 0 Å². The molecule has 0 saturated carbocycles. The Kier molecular flexibility index (Phi) is 15.6. The van der Waals surface area contributed by atoms with E-state index in [0.29, 0.717) is 6.42 Å². The topological polar surface area (TPSA) is 197 Å². The second-order valence-corrected chi connectivity index (χ2v) is 17.0. The number of carbonyl (C=O) groups is 1. The molecule has 6 N–H and O–H groups in total. The van der Waals surface area contributed by atoms with Crippen LogP contribution in [0.15, 0.2) is 0 Å². The first-order valence-corrected chi connectivity index (χ1v) is 19.2. The number of aliphatic hydroxyl groups is 6. The fourth-order valence-electron chi connectivity index (χ4n) is 8.27. The molecule has 0 radical (unpaired) electrons. The molecule has 18 atom stereocenters. The molecule has 0 aromatic heterocycles. The molecule has 306 valence electrons. The third-order valence-corrected chi connectivity index (χ3v) is 12.4. The number of methoxy groups -OCH3 is 1. The maximum atomic E-state index is 14.0. The van der Waals surface area contributed by atoms with E-state index in [9.17, 15) is 35.4 Å². The Hall–Kier alpha value is -1.01. The van der Waals surface area contributed by atoms with Gasteiger partial charge in [-0.15, -0.1) is 0 Å². The van der Waals surface area contributed by atoms with E-state index >= 15 is 0 Å². The highest BCUT2D eigenvalue weighted by Crippen LogP contribution is 2.39. The average Bonchev–Trinajstić information content (AvgIpc) is 3.07. The molecule has 3 aliphatic heterocycles. The molecule has 0 unspecified atom stereocenters. The molecule has 0 aromatic rings. The molecule has 0 aromatic carbocycles. The van der Waals surface area contributed by atoms with Crippen LogP contribution in [0.4, 0.5) is 0 Å². The van der Waals surface area contributed by atoms with Gasteiger partial charge in [-0.05, 0) is 87.6 Å². The zero-order valence-corrected chi connectivity index (χ0v) is 33.8. The van der Waals surface area contributed by atoms with E-state index in [1.54, 1.807) is 48.5 Å². The van der Waals surface area contributed by atoms with Gasteiger partial charge in [-0.1, -0.05) is 20.8 Å². The Balaban J connectivity index is 2.13. The Bertz CT molecular complexity index is 1140. The number of likely N-dealkylation sites (N-methyl/N-ethyl adjacent to an activating group) is 1. The van der Waals surface area contributed by atoms with Crippen molar-refractivity contribution in [3.8, 4) is 0 Å². The summed E-state index contributed by atoms with van der Waals surface area (Å²) in [4.78, 5) is 16.1. The number of nitrogens with zero attached hydrogens (tertiary/aromatic N) is 1. The molecule has 52 heavy (non-hydrogen) atoms. The second-order valence-electron chi connectivity index (χ2n) is 17.0. The predicted molar refractivity (Wildman–Crippen MR) is 192 cm³/mol. The van der Waals surface area contributed by atoms with Gasteiger partial charge in [-0.2, -0.15) is 0 Å². The number of carbonyl (C=O) groups excluding carboxylic acids is 1. The Morgan fingerprint density at radius 1 is 0.904 bits per heavy atom. The molecule has 14 nitrogen and oxygen atoms in total. The van der Waals surface area contributed by atoms with Crippen LogP contribution in [0.2, 0.25) is 0 Å². The van der Waals surface area contributed by atoms with E-state index in [4.69, 9.17) is 28.4 Å². The molecule has 0 aliphatic carbocycles. The molecule has 14 heteroatoms. The summed E-state index contributed by atoms with van der Waals surface area (Å²) in [6, 6.07) is -0.190. The van der Waals surface area contributed by atoms with Crippen molar-refractivity contribution in [2.45, 2.75) is 205 Å². The first kappa shape index (κ1) is 45.4. The van der Waals surface area contributed by atoms with Gasteiger partial charge in [0.1, 0.15) is 23.9 Å². The van der Waals surface area contributed by atoms with E-state index in [-0.39, 0.29) is 43.9 Å². The van der Waals surface area contributed by atoms with Crippen molar-refractivity contribution in [2.75, 3.05) is 14.2 Å². The lowest BCUT2D eigenvalue weighted by Crippen LogP contribution is -2.60. The van der Waals surface area contributed by atoms with Crippen molar-refractivity contribution < 1.29 is 63.9 Å². The van der Waals surface area contributed by atoms with Crippen LogP contribution in [0.25, 0.3) is 0 Å². The van der Waals surface area contributed by atoms with E-state index in [1.165, 1.54) is 14.0 Å². The highest BCUT2D eigenvalue weighted by Gasteiger charge is 2.51. The molecule has 3 aliphatic rings. The van der Waals surface area contributed by atoms with Crippen molar-refractivity contribution in [3.05, 3.63) is 0 Å². The van der Waals surface area contributed by atoms with Crippen molar-refractivity contribution >= 4 is 5.97 Å². The molecule has 3 fully saturated rings. The van der Waals surface area contributed by atoms with Crippen LogP contribution in [0.1, 0.15) is 108 Å². The zero-order valence-electron chi connectivity index (χ0n) is 33.8. The smallest absolute Gasteiger partial charge is 0.311 e. The fourth-order valence-corrected chi connectivity index (χ4v) is 8.27. The van der Waals surface area contributed by atoms with Gasteiger partial charge < -0.3 is 59.1 Å². The third-order valence-electron chi connectivity index (χ3n) is 12.4. The van der Waals surface area contributed by atoms with Gasteiger partial charge in [0.25, 0.3) is 0 Å². The van der Waals surface area contributed by atoms with Gasteiger partial charge in [-0.3, -0.25) is 9.69 Å². The largest absolute Gasteiger partial charge is 0.459 e. The first-order valence-electron chi connectivity index (χ1n) is 19.2. The normalized spacial score (nSPS) is 49.1. The average molecular weight is 750 g/mol. The minimum absolute atomic E-state index is 0.0284. The highest BCUT2D eigenvalue weighted by atomic mass is 16.7. The van der Waals surface area contributed by atoms with Gasteiger partial charge in [0.05, 0.1) is 53.7 Å². The maximum Gasteiger partial charge on any atom is 0.311 e. The maximum absolute atomic E-state index is 14.0. The number of hydrogen-bond acceptors (Lipinski definition) is 14. The van der Waals surface area contributed by atoms with Crippen LogP contribution in [0.5, 0.6) is 0 Å². The number of rotatable bonds is 8. The van der Waals surface area contributed by atoms with Crippen LogP contribution in [-0.4, -0.2) is 152 Å². The Morgan fingerprint density at radius 3 is 2.08 bits per heavy atom. The number of aliphatic hydroxyl groups excluding tert-OH is 4. The summed E-state index contributed by atoms with van der Waals surface area (Å²) in [6.45, 7) is 19.0. The fraction of sp³-hybridized carbons (Fsp3) is 0.974. The van der Waals surface area contributed by atoms with Gasteiger partial charge in [0.15, 0.2) is 12.6 Å². The predicted octanol–water partition coefficient (Wildman–Crippen LogP) is 2.11. The molecule has 0 spiro atoms. The van der Waals surface area contributed by atoms with Crippen molar-refractivity contribution in [1.82, 2.24) is 4.90 Å². The summed E-state index contributed by atoms with van der Waals surface area (Å²) < 4.78 is 37.0. The van der Waals surface area contributed by atoms with Gasteiger partial charge in [-0.25, -0.2) is 0 Å². The van der Waals surface area contributed by atoms with Crippen molar-refractivity contribution in [1.29, 1.82) is 0 Å². The van der Waals surface area contributed by atoms with Gasteiger partial charge in [0, 0.05) is 38.0 Å². The lowest BCUT2D eigenvalue weighted by Gasteiger charge is -2.48. The van der Waals surface area contributed by atoms with Gasteiger partial charge >= 0.3 is 5.97 Å². The van der Waals surface area contributed by atoms with E-state index < -0.39 is 102 Å². The second kappa shape index (κ2) is 17.8. The van der Waals surface area contributed by atoms with E-state index in [1.807, 2.05) is 27.8 Å². The highest BCUT2D eigenvalue weighted by molar-refractivity contribution is 5.73. The molecule has 3 saturated heterocycles. The van der Waals surface area contributed by atoms with Crippen molar-refractivity contribution in [3.63, 3.8) is 0 Å². The van der Waals surface area contributed by atoms with Crippen molar-refractivity contribution in [2.24, 2.45) is 17.8 Å². The molecule has 3 heterocycles.